The summed E-state index contributed by atoms with van der Waals surface area (Å²) in [5.41, 5.74) is 0. The minimum Gasteiger partial charge on any atom is -0.869 e. The molecule has 31 heavy (non-hydrogen) atoms. The fraction of sp³-hybridized carbons (Fsp3) is 0.400. The average Bonchev–Trinajstić information content (AvgIpc) is 2.43. The fourth-order valence-corrected chi connectivity index (χ4v) is 0.799. The van der Waals surface area contributed by atoms with Crippen molar-refractivity contribution in [2.75, 3.05) is 0 Å². The van der Waals surface area contributed by atoms with Gasteiger partial charge in [-0.25, -0.2) is 0 Å². The Kier molecular flexibility index (Phi) is 18.0. The summed E-state index contributed by atoms with van der Waals surface area (Å²) in [6.07, 6.45) is -14.7. The third-order valence-electron chi connectivity index (χ3n) is 1.84. The molecule has 0 aliphatic rings. The predicted octanol–water partition coefficient (Wildman–Crippen LogP) is 1.15. The number of ketones is 3. The third-order valence-corrected chi connectivity index (χ3v) is 1.84. The summed E-state index contributed by atoms with van der Waals surface area (Å²) in [7, 11) is 0. The summed E-state index contributed by atoms with van der Waals surface area (Å²) in [6, 6.07) is 0. The van der Waals surface area contributed by atoms with E-state index in [0.29, 0.717) is 0 Å². The first-order valence-corrected chi connectivity index (χ1v) is 6.91. The molecule has 0 aromatic heterocycles. The molecular weight excluding hydrogens is 598 g/mol. The fourth-order valence-electron chi connectivity index (χ4n) is 0.799. The summed E-state index contributed by atoms with van der Waals surface area (Å²) in [4.78, 5) is 29.8. The van der Waals surface area contributed by atoms with Crippen molar-refractivity contribution < 1.29 is 110 Å². The van der Waals surface area contributed by atoms with E-state index < -0.39 is 53.2 Å². The summed E-state index contributed by atoms with van der Waals surface area (Å²) in [6.45, 7) is 2.64. The van der Waals surface area contributed by atoms with Crippen LogP contribution in [-0.2, 0) is 14.4 Å². The molecule has 0 bridgehead atoms. The smallest absolute Gasteiger partial charge is 0.869 e. The molecule has 0 unspecified atom stereocenters. The molecule has 0 aromatic rings. The topological polar surface area (TPSA) is 120 Å². The maximum absolute atomic E-state index is 11.3. The van der Waals surface area contributed by atoms with Crippen LogP contribution in [-0.4, -0.2) is 35.9 Å². The van der Waals surface area contributed by atoms with E-state index in [-0.39, 0.29) is 58.6 Å². The van der Waals surface area contributed by atoms with Gasteiger partial charge in [-0.1, -0.05) is 0 Å². The van der Waals surface area contributed by atoms with E-state index in [4.69, 9.17) is 0 Å². The molecule has 16 heteroatoms. The number of rotatable bonds is 3. The van der Waals surface area contributed by atoms with Crippen LogP contribution in [0.1, 0.15) is 20.8 Å². The average molecular weight is 610 g/mol. The second-order valence-electron chi connectivity index (χ2n) is 4.85. The number of carbonyl (C=O) groups excluding carboxylic acids is 3. The number of allylic oxidation sites excluding steroid dienone is 6. The molecular formula is C15H12F9O6Sm. The number of carbonyl (C=O) groups is 3. The number of hydrogen-bond donors (Lipinski definition) is 0. The van der Waals surface area contributed by atoms with Gasteiger partial charge in [0.15, 0.2) is 17.3 Å². The Labute approximate surface area is 201 Å². The van der Waals surface area contributed by atoms with Gasteiger partial charge in [0.05, 0.1) is 0 Å². The van der Waals surface area contributed by atoms with Gasteiger partial charge >= 0.3 is 58.9 Å². The van der Waals surface area contributed by atoms with E-state index in [2.05, 4.69) is 0 Å². The zero-order valence-corrected chi connectivity index (χ0v) is 18.1. The van der Waals surface area contributed by atoms with Crippen molar-refractivity contribution in [1.29, 1.82) is 0 Å². The van der Waals surface area contributed by atoms with Crippen LogP contribution in [0.15, 0.2) is 35.5 Å². The van der Waals surface area contributed by atoms with Crippen molar-refractivity contribution in [2.24, 2.45) is 0 Å². The van der Waals surface area contributed by atoms with Crippen LogP contribution in [0, 0.1) is 40.4 Å². The summed E-state index contributed by atoms with van der Waals surface area (Å²) in [5.74, 6) is -9.04. The molecule has 0 fully saturated rings. The number of halogens is 9. The SMILES string of the molecule is CC(=O)/C=C(\[O-])C(F)(F)F.CC(=O)/C=C(\[O-])C(F)(F)F.CC(=O)/C=C(\[O-])C(F)(F)F.[Sm+3]. The van der Waals surface area contributed by atoms with E-state index in [1.807, 2.05) is 0 Å². The van der Waals surface area contributed by atoms with Crippen molar-refractivity contribution in [2.45, 2.75) is 39.3 Å². The van der Waals surface area contributed by atoms with Gasteiger partial charge in [-0.15, -0.1) is 0 Å². The number of hydrogen-bond acceptors (Lipinski definition) is 6. The number of alkyl halides is 9. The summed E-state index contributed by atoms with van der Waals surface area (Å²) < 4.78 is 101. The van der Waals surface area contributed by atoms with Gasteiger partial charge in [-0.05, 0) is 56.3 Å². The van der Waals surface area contributed by atoms with E-state index in [1.54, 1.807) is 0 Å². The molecule has 0 N–H and O–H groups in total. The molecule has 6 nitrogen and oxygen atoms in total. The van der Waals surface area contributed by atoms with Crippen LogP contribution in [0.5, 0.6) is 0 Å². The maximum atomic E-state index is 11.3. The quantitative estimate of drug-likeness (QED) is 0.269. The Morgan fingerprint density at radius 1 is 0.516 bits per heavy atom. The molecule has 0 aliphatic heterocycles. The van der Waals surface area contributed by atoms with Crippen molar-refractivity contribution in [3.8, 4) is 0 Å². The molecule has 0 saturated carbocycles. The molecule has 0 spiro atoms. The minimum atomic E-state index is -4.92. The van der Waals surface area contributed by atoms with Crippen LogP contribution in [0.4, 0.5) is 39.5 Å². The van der Waals surface area contributed by atoms with E-state index in [1.165, 1.54) is 0 Å². The summed E-state index contributed by atoms with van der Waals surface area (Å²) >= 11 is 0. The molecule has 0 saturated heterocycles. The monoisotopic (exact) mass is 611 g/mol. The Morgan fingerprint density at radius 2 is 0.645 bits per heavy atom. The Morgan fingerprint density at radius 3 is 0.677 bits per heavy atom. The van der Waals surface area contributed by atoms with E-state index in [9.17, 15) is 69.2 Å². The van der Waals surface area contributed by atoms with Crippen LogP contribution >= 0.6 is 0 Å². The van der Waals surface area contributed by atoms with Crippen LogP contribution < -0.4 is 15.3 Å². The Hall–Kier alpha value is -1.66. The van der Waals surface area contributed by atoms with Crippen LogP contribution in [0.25, 0.3) is 0 Å². The first-order chi connectivity index (χ1) is 13.0. The normalized spacial score (nSPS) is 13.0. The first kappa shape index (κ1) is 36.7. The largest absolute Gasteiger partial charge is 3.00 e. The zero-order chi connectivity index (χ0) is 25.1. The van der Waals surface area contributed by atoms with Gasteiger partial charge in [-0.3, -0.25) is 14.4 Å². The van der Waals surface area contributed by atoms with Gasteiger partial charge in [0.1, 0.15) is 0 Å². The van der Waals surface area contributed by atoms with Gasteiger partial charge in [-0.2, -0.15) is 39.5 Å². The van der Waals surface area contributed by atoms with Crippen LogP contribution in [0.3, 0.4) is 0 Å². The molecule has 1 radical (unpaired) electrons. The molecule has 0 atom stereocenters. The first-order valence-electron chi connectivity index (χ1n) is 6.91. The van der Waals surface area contributed by atoms with Crippen molar-refractivity contribution in [3.05, 3.63) is 35.5 Å². The van der Waals surface area contributed by atoms with Crippen molar-refractivity contribution >= 4 is 17.3 Å². The van der Waals surface area contributed by atoms with E-state index in [0.717, 1.165) is 20.8 Å². The Bertz CT molecular complexity index is 606. The second-order valence-corrected chi connectivity index (χ2v) is 4.85. The van der Waals surface area contributed by atoms with Gasteiger partial charge in [0.25, 0.3) is 0 Å². The van der Waals surface area contributed by atoms with Gasteiger partial charge in [0.2, 0.25) is 0 Å². The molecule has 0 aliphatic carbocycles. The molecule has 177 valence electrons. The second kappa shape index (κ2) is 15.2. The Balaban J connectivity index is -0.000000174. The predicted molar refractivity (Wildman–Crippen MR) is 74.5 cm³/mol. The maximum Gasteiger partial charge on any atom is 3.00 e. The zero-order valence-electron chi connectivity index (χ0n) is 15.5. The standard InChI is InChI=1S/3C5H5F3O2.Sm/c3*1-3(9)2-4(10)5(6,7)8;/h3*2,10H,1H3;/q;;;+3/p-3/b3*4-2-;. The molecule has 0 aromatic carbocycles. The summed E-state index contributed by atoms with van der Waals surface area (Å²) in [5, 5.41) is 29.6. The van der Waals surface area contributed by atoms with Crippen LogP contribution in [0.2, 0.25) is 0 Å². The third kappa shape index (κ3) is 24.5. The minimum absolute atomic E-state index is 0. The molecule has 0 rings (SSSR count). The van der Waals surface area contributed by atoms with Gasteiger partial charge < -0.3 is 15.3 Å². The van der Waals surface area contributed by atoms with Crippen molar-refractivity contribution in [3.63, 3.8) is 0 Å². The van der Waals surface area contributed by atoms with E-state index >= 15 is 0 Å². The van der Waals surface area contributed by atoms with Crippen molar-refractivity contribution in [1.82, 2.24) is 0 Å². The molecule has 0 amide bonds. The molecule has 0 heterocycles. The van der Waals surface area contributed by atoms with Gasteiger partial charge in [0, 0.05) is 0 Å².